The van der Waals surface area contributed by atoms with Gasteiger partial charge in [0.1, 0.15) is 0 Å². The molecule has 134 valence electrons. The molecule has 2 aromatic rings. The number of rotatable bonds is 5. The van der Waals surface area contributed by atoms with Gasteiger partial charge in [0.15, 0.2) is 0 Å². The van der Waals surface area contributed by atoms with Gasteiger partial charge in [-0.3, -0.25) is 0 Å². The van der Waals surface area contributed by atoms with Crippen molar-refractivity contribution in [3.63, 3.8) is 0 Å². The summed E-state index contributed by atoms with van der Waals surface area (Å²) < 4.78 is 24.9. The largest absolute Gasteiger partial charge is 0.301 e. The van der Waals surface area contributed by atoms with Crippen LogP contribution in [0.2, 0.25) is 0 Å². The second-order valence-electron chi connectivity index (χ2n) is 6.37. The van der Waals surface area contributed by atoms with E-state index in [1.807, 2.05) is 0 Å². The molecule has 1 nitrogen and oxygen atoms in total. The maximum absolute atomic E-state index is 12.5. The predicted molar refractivity (Wildman–Crippen MR) is 102 cm³/mol. The summed E-state index contributed by atoms with van der Waals surface area (Å²) in [6.07, 6.45) is 2.78. The van der Waals surface area contributed by atoms with Gasteiger partial charge in [-0.1, -0.05) is 62.0 Å². The van der Waals surface area contributed by atoms with Crippen LogP contribution in [0.25, 0.3) is 5.57 Å². The predicted octanol–water partition coefficient (Wildman–Crippen LogP) is 5.44. The van der Waals surface area contributed by atoms with Crippen molar-refractivity contribution >= 4 is 5.57 Å². The molecule has 0 saturated heterocycles. The van der Waals surface area contributed by atoms with Gasteiger partial charge in [0.05, 0.1) is 6.54 Å². The van der Waals surface area contributed by atoms with Gasteiger partial charge in [0, 0.05) is 6.54 Å². The van der Waals surface area contributed by atoms with Crippen molar-refractivity contribution in [1.29, 1.82) is 0 Å². The first-order valence-corrected chi connectivity index (χ1v) is 8.48. The van der Waals surface area contributed by atoms with Crippen molar-refractivity contribution in [2.75, 3.05) is 20.1 Å². The first kappa shape index (κ1) is 19.3. The summed E-state index contributed by atoms with van der Waals surface area (Å²) in [5.74, 6) is 0. The molecule has 0 amide bonds. The number of hydrogen-bond donors (Lipinski definition) is 0. The Morgan fingerprint density at radius 1 is 0.960 bits per heavy atom. The molecule has 0 radical (unpaired) electrons. The molecule has 3 rings (SSSR count). The number of aryl methyl sites for hydroxylation is 2. The van der Waals surface area contributed by atoms with E-state index in [0.29, 0.717) is 6.54 Å². The quantitative estimate of drug-likeness (QED) is 0.699. The Balaban J connectivity index is 0.00000225. The number of fused-ring (bicyclic) bond motifs is 2. The third kappa shape index (κ3) is 4.76. The molecule has 0 N–H and O–H groups in total. The van der Waals surface area contributed by atoms with Crippen LogP contribution in [-0.4, -0.2) is 31.5 Å². The van der Waals surface area contributed by atoms with Crippen molar-refractivity contribution in [3.8, 4) is 0 Å². The third-order valence-electron chi connectivity index (χ3n) is 4.59. The van der Waals surface area contributed by atoms with E-state index in [9.17, 15) is 8.78 Å². The molecule has 0 aliphatic heterocycles. The zero-order valence-electron chi connectivity index (χ0n) is 14.0. The Bertz CT molecular complexity index is 672. The molecule has 1 aliphatic carbocycles. The van der Waals surface area contributed by atoms with Crippen LogP contribution in [0.4, 0.5) is 8.78 Å². The molecule has 25 heavy (non-hydrogen) atoms. The molecule has 0 saturated carbocycles. The highest BCUT2D eigenvalue weighted by Gasteiger charge is 2.17. The molecule has 0 unspecified atom stereocenters. The molecule has 0 atom stereocenters. The van der Waals surface area contributed by atoms with E-state index < -0.39 is 6.43 Å². The lowest BCUT2D eigenvalue weighted by Gasteiger charge is -2.16. The van der Waals surface area contributed by atoms with Crippen molar-refractivity contribution in [3.05, 3.63) is 76.9 Å². The fraction of sp³-hybridized carbons (Fsp3) is 0.364. The Morgan fingerprint density at radius 3 is 2.00 bits per heavy atom. The topological polar surface area (TPSA) is 3.24 Å². The van der Waals surface area contributed by atoms with Gasteiger partial charge in [-0.05, 0) is 54.1 Å². The second-order valence-corrected chi connectivity index (χ2v) is 6.37. The minimum atomic E-state index is -2.28. The van der Waals surface area contributed by atoms with Crippen molar-refractivity contribution in [2.24, 2.45) is 0 Å². The SMILES string of the molecule is C.CN(CCC=C1c2ccccc2CCc2ccccc21)CC(F)F. The summed E-state index contributed by atoms with van der Waals surface area (Å²) in [5.41, 5.74) is 6.52. The fourth-order valence-electron chi connectivity index (χ4n) is 3.39. The molecule has 0 heterocycles. The first-order valence-electron chi connectivity index (χ1n) is 8.48. The van der Waals surface area contributed by atoms with E-state index in [0.717, 1.165) is 19.3 Å². The second kappa shape index (κ2) is 8.91. The van der Waals surface area contributed by atoms with Gasteiger partial charge in [-0.15, -0.1) is 0 Å². The summed E-state index contributed by atoms with van der Waals surface area (Å²) >= 11 is 0. The number of nitrogens with zero attached hydrogens (tertiary/aromatic N) is 1. The van der Waals surface area contributed by atoms with Crippen LogP contribution in [0.3, 0.4) is 0 Å². The number of hydrogen-bond acceptors (Lipinski definition) is 1. The highest BCUT2D eigenvalue weighted by atomic mass is 19.3. The molecule has 0 spiro atoms. The molecule has 2 aromatic carbocycles. The molecule has 0 bridgehead atoms. The van der Waals surface area contributed by atoms with Crippen LogP contribution >= 0.6 is 0 Å². The Morgan fingerprint density at radius 2 is 1.48 bits per heavy atom. The van der Waals surface area contributed by atoms with E-state index in [1.54, 1.807) is 11.9 Å². The van der Waals surface area contributed by atoms with Crippen molar-refractivity contribution < 1.29 is 8.78 Å². The third-order valence-corrected chi connectivity index (χ3v) is 4.59. The van der Waals surface area contributed by atoms with E-state index >= 15 is 0 Å². The molecular formula is C22H27F2N. The van der Waals surface area contributed by atoms with Crippen LogP contribution in [0, 0.1) is 0 Å². The highest BCUT2D eigenvalue weighted by Crippen LogP contribution is 2.33. The zero-order chi connectivity index (χ0) is 16.9. The zero-order valence-corrected chi connectivity index (χ0v) is 14.0. The van der Waals surface area contributed by atoms with E-state index in [2.05, 4.69) is 54.6 Å². The van der Waals surface area contributed by atoms with E-state index in [4.69, 9.17) is 0 Å². The number of benzene rings is 2. The Kier molecular flexibility index (Phi) is 6.89. The first-order chi connectivity index (χ1) is 11.6. The van der Waals surface area contributed by atoms with Gasteiger partial charge < -0.3 is 4.90 Å². The molecule has 0 fully saturated rings. The Labute approximate surface area is 150 Å². The summed E-state index contributed by atoms with van der Waals surface area (Å²) in [6.45, 7) is 0.467. The maximum atomic E-state index is 12.5. The van der Waals surface area contributed by atoms with Crippen molar-refractivity contribution in [1.82, 2.24) is 4.90 Å². The molecule has 0 aromatic heterocycles. The molecular weight excluding hydrogens is 316 g/mol. The highest BCUT2D eigenvalue weighted by molar-refractivity contribution is 5.83. The fourth-order valence-corrected chi connectivity index (χ4v) is 3.39. The van der Waals surface area contributed by atoms with Crippen LogP contribution in [-0.2, 0) is 12.8 Å². The maximum Gasteiger partial charge on any atom is 0.251 e. The van der Waals surface area contributed by atoms with Gasteiger partial charge in [-0.2, -0.15) is 0 Å². The van der Waals surface area contributed by atoms with Gasteiger partial charge in [-0.25, -0.2) is 8.78 Å². The lowest BCUT2D eigenvalue weighted by molar-refractivity contribution is 0.101. The minimum Gasteiger partial charge on any atom is -0.301 e. The molecule has 3 heteroatoms. The van der Waals surface area contributed by atoms with Gasteiger partial charge in [0.2, 0.25) is 0 Å². The standard InChI is InChI=1S/C21H23F2N.CH4/c1-24(15-21(22)23)14-6-11-20-18-9-4-2-7-16(18)12-13-17-8-3-5-10-19(17)20;/h2-5,7-11,21H,6,12-15H2,1H3;1H4. The lowest BCUT2D eigenvalue weighted by atomic mass is 9.93. The average Bonchev–Trinajstić information content (AvgIpc) is 2.72. The van der Waals surface area contributed by atoms with Gasteiger partial charge >= 0.3 is 0 Å². The van der Waals surface area contributed by atoms with Crippen LogP contribution in [0.15, 0.2) is 54.6 Å². The summed E-state index contributed by atoms with van der Waals surface area (Å²) in [4.78, 5) is 1.69. The molecule has 1 aliphatic rings. The summed E-state index contributed by atoms with van der Waals surface area (Å²) in [6, 6.07) is 17.0. The van der Waals surface area contributed by atoms with E-state index in [-0.39, 0.29) is 14.0 Å². The van der Waals surface area contributed by atoms with E-state index in [1.165, 1.54) is 27.8 Å². The smallest absolute Gasteiger partial charge is 0.251 e. The van der Waals surface area contributed by atoms with Crippen LogP contribution < -0.4 is 0 Å². The monoisotopic (exact) mass is 343 g/mol. The average molecular weight is 343 g/mol. The van der Waals surface area contributed by atoms with Crippen LogP contribution in [0.5, 0.6) is 0 Å². The lowest BCUT2D eigenvalue weighted by Crippen LogP contribution is -2.25. The normalized spacial score (nSPS) is 13.1. The van der Waals surface area contributed by atoms with Gasteiger partial charge in [0.25, 0.3) is 6.43 Å². The van der Waals surface area contributed by atoms with Crippen LogP contribution in [0.1, 0.15) is 36.1 Å². The minimum absolute atomic E-state index is 0. The number of alkyl halides is 2. The number of halogens is 2. The summed E-state index contributed by atoms with van der Waals surface area (Å²) in [7, 11) is 1.75. The van der Waals surface area contributed by atoms with Crippen molar-refractivity contribution in [2.45, 2.75) is 33.1 Å². The summed E-state index contributed by atoms with van der Waals surface area (Å²) in [5, 5.41) is 0. The Hall–Kier alpha value is -2.00.